The lowest BCUT2D eigenvalue weighted by atomic mass is 10.1. The lowest BCUT2D eigenvalue weighted by Crippen LogP contribution is -1.96. The average Bonchev–Trinajstić information content (AvgIpc) is 3.12. The SMILES string of the molecule is CS(=O)(=O)c1ccc(-c2nc(Cc3ccccc3)oc2-c2ccccc2Cl)cc1. The molecule has 0 N–H and O–H groups in total. The fourth-order valence-corrected chi connectivity index (χ4v) is 3.95. The van der Waals surface area contributed by atoms with Gasteiger partial charge in [0, 0.05) is 23.8 Å². The van der Waals surface area contributed by atoms with Gasteiger partial charge in [-0.25, -0.2) is 13.4 Å². The van der Waals surface area contributed by atoms with Crippen LogP contribution in [-0.2, 0) is 16.3 Å². The van der Waals surface area contributed by atoms with Crippen molar-refractivity contribution in [2.45, 2.75) is 11.3 Å². The number of nitrogens with zero attached hydrogens (tertiary/aromatic N) is 1. The van der Waals surface area contributed by atoms with E-state index in [0.717, 1.165) is 16.7 Å². The van der Waals surface area contributed by atoms with Gasteiger partial charge in [0.05, 0.1) is 9.92 Å². The maximum absolute atomic E-state index is 11.8. The third-order valence-corrected chi connectivity index (χ3v) is 6.00. The zero-order chi connectivity index (χ0) is 20.4. The van der Waals surface area contributed by atoms with Crippen molar-refractivity contribution in [2.75, 3.05) is 6.26 Å². The van der Waals surface area contributed by atoms with Crippen LogP contribution < -0.4 is 0 Å². The van der Waals surface area contributed by atoms with Gasteiger partial charge in [0.1, 0.15) is 5.69 Å². The van der Waals surface area contributed by atoms with E-state index in [-0.39, 0.29) is 4.90 Å². The van der Waals surface area contributed by atoms with Gasteiger partial charge in [0.15, 0.2) is 21.5 Å². The fourth-order valence-electron chi connectivity index (χ4n) is 3.09. The Morgan fingerprint density at radius 2 is 1.55 bits per heavy atom. The standard InChI is InChI=1S/C23H18ClNO3S/c1-29(26,27)18-13-11-17(12-14-18)22-23(19-9-5-6-10-20(19)24)28-21(25-22)15-16-7-3-2-4-8-16/h2-14H,15H2,1H3. The van der Waals surface area contributed by atoms with Crippen LogP contribution in [0.25, 0.3) is 22.6 Å². The fraction of sp³-hybridized carbons (Fsp3) is 0.0870. The molecule has 29 heavy (non-hydrogen) atoms. The van der Waals surface area contributed by atoms with E-state index >= 15 is 0 Å². The molecule has 0 unspecified atom stereocenters. The number of rotatable bonds is 5. The molecule has 0 radical (unpaired) electrons. The largest absolute Gasteiger partial charge is 0.440 e. The molecule has 0 amide bonds. The first-order valence-electron chi connectivity index (χ1n) is 9.01. The molecule has 0 spiro atoms. The molecule has 0 bridgehead atoms. The van der Waals surface area contributed by atoms with Gasteiger partial charge in [0.2, 0.25) is 0 Å². The number of halogens is 1. The van der Waals surface area contributed by atoms with E-state index in [1.807, 2.05) is 48.5 Å². The van der Waals surface area contributed by atoms with Gasteiger partial charge in [-0.15, -0.1) is 0 Å². The predicted octanol–water partition coefficient (Wildman–Crippen LogP) is 5.66. The highest BCUT2D eigenvalue weighted by Crippen LogP contribution is 2.37. The zero-order valence-electron chi connectivity index (χ0n) is 15.7. The minimum atomic E-state index is -3.27. The summed E-state index contributed by atoms with van der Waals surface area (Å²) in [4.78, 5) is 4.97. The molecule has 0 aliphatic heterocycles. The number of oxazole rings is 1. The second kappa shape index (κ2) is 7.85. The van der Waals surface area contributed by atoms with E-state index in [4.69, 9.17) is 21.0 Å². The molecule has 0 saturated heterocycles. The Hall–Kier alpha value is -2.89. The van der Waals surface area contributed by atoms with Crippen LogP contribution in [0, 0.1) is 0 Å². The summed E-state index contributed by atoms with van der Waals surface area (Å²) in [5.74, 6) is 1.13. The molecule has 1 aromatic heterocycles. The van der Waals surface area contributed by atoms with E-state index < -0.39 is 9.84 Å². The Kier molecular flexibility index (Phi) is 5.26. The van der Waals surface area contributed by atoms with Crippen molar-refractivity contribution in [1.29, 1.82) is 0 Å². The molecule has 4 nitrogen and oxygen atoms in total. The minimum absolute atomic E-state index is 0.258. The van der Waals surface area contributed by atoms with Crippen molar-refractivity contribution in [3.05, 3.63) is 95.3 Å². The molecule has 0 saturated carbocycles. The van der Waals surface area contributed by atoms with Gasteiger partial charge in [0.25, 0.3) is 0 Å². The maximum atomic E-state index is 11.8. The van der Waals surface area contributed by atoms with Crippen LogP contribution in [0.4, 0.5) is 0 Å². The number of benzene rings is 3. The smallest absolute Gasteiger partial charge is 0.199 e. The van der Waals surface area contributed by atoms with E-state index in [0.29, 0.717) is 28.8 Å². The normalized spacial score (nSPS) is 11.5. The molecular weight excluding hydrogens is 406 g/mol. The first-order chi connectivity index (χ1) is 13.9. The van der Waals surface area contributed by atoms with Crippen LogP contribution in [0.1, 0.15) is 11.5 Å². The first-order valence-corrected chi connectivity index (χ1v) is 11.3. The van der Waals surface area contributed by atoms with Crippen LogP contribution in [0.15, 0.2) is 88.2 Å². The summed E-state index contributed by atoms with van der Waals surface area (Å²) < 4.78 is 29.7. The summed E-state index contributed by atoms with van der Waals surface area (Å²) >= 11 is 6.41. The number of hydrogen-bond acceptors (Lipinski definition) is 4. The summed E-state index contributed by atoms with van der Waals surface area (Å²) in [7, 11) is -3.27. The Bertz CT molecular complexity index is 1250. The second-order valence-electron chi connectivity index (χ2n) is 6.72. The summed E-state index contributed by atoms with van der Waals surface area (Å²) in [5, 5.41) is 0.559. The molecule has 4 aromatic rings. The van der Waals surface area contributed by atoms with Crippen molar-refractivity contribution in [1.82, 2.24) is 4.98 Å². The molecular formula is C23H18ClNO3S. The maximum Gasteiger partial charge on any atom is 0.199 e. The molecule has 4 rings (SSSR count). The predicted molar refractivity (Wildman–Crippen MR) is 115 cm³/mol. The van der Waals surface area contributed by atoms with E-state index in [9.17, 15) is 8.42 Å². The molecule has 146 valence electrons. The minimum Gasteiger partial charge on any atom is -0.440 e. The summed E-state index contributed by atoms with van der Waals surface area (Å²) in [5.41, 5.74) is 3.21. The van der Waals surface area contributed by atoms with Gasteiger partial charge in [-0.2, -0.15) is 0 Å². The molecule has 3 aromatic carbocycles. The molecule has 6 heteroatoms. The van der Waals surface area contributed by atoms with Gasteiger partial charge in [-0.3, -0.25) is 0 Å². The molecule has 0 aliphatic carbocycles. The lowest BCUT2D eigenvalue weighted by molar-refractivity contribution is 0.519. The highest BCUT2D eigenvalue weighted by Gasteiger charge is 2.19. The zero-order valence-corrected chi connectivity index (χ0v) is 17.2. The van der Waals surface area contributed by atoms with Crippen LogP contribution in [0.5, 0.6) is 0 Å². The van der Waals surface area contributed by atoms with Crippen molar-refractivity contribution in [3.63, 3.8) is 0 Å². The van der Waals surface area contributed by atoms with Gasteiger partial charge in [-0.05, 0) is 29.8 Å². The highest BCUT2D eigenvalue weighted by molar-refractivity contribution is 7.90. The number of sulfone groups is 1. The molecule has 0 atom stereocenters. The quantitative estimate of drug-likeness (QED) is 0.415. The van der Waals surface area contributed by atoms with E-state index in [2.05, 4.69) is 0 Å². The van der Waals surface area contributed by atoms with Crippen LogP contribution in [0.3, 0.4) is 0 Å². The Morgan fingerprint density at radius 1 is 0.897 bits per heavy atom. The molecule has 0 fully saturated rings. The number of aromatic nitrogens is 1. The Morgan fingerprint density at radius 3 is 2.21 bits per heavy atom. The van der Waals surface area contributed by atoms with Gasteiger partial charge < -0.3 is 4.42 Å². The first kappa shape index (κ1) is 19.4. The highest BCUT2D eigenvalue weighted by atomic mass is 35.5. The average molecular weight is 424 g/mol. The summed E-state index contributed by atoms with van der Waals surface area (Å²) in [6.45, 7) is 0. The Balaban J connectivity index is 1.82. The van der Waals surface area contributed by atoms with Gasteiger partial charge in [-0.1, -0.05) is 66.2 Å². The van der Waals surface area contributed by atoms with Crippen LogP contribution >= 0.6 is 11.6 Å². The van der Waals surface area contributed by atoms with Crippen LogP contribution in [-0.4, -0.2) is 19.7 Å². The second-order valence-corrected chi connectivity index (χ2v) is 9.15. The van der Waals surface area contributed by atoms with Crippen molar-refractivity contribution in [2.24, 2.45) is 0 Å². The topological polar surface area (TPSA) is 60.2 Å². The van der Waals surface area contributed by atoms with Crippen molar-refractivity contribution in [3.8, 4) is 22.6 Å². The number of hydrogen-bond donors (Lipinski definition) is 0. The van der Waals surface area contributed by atoms with Crippen molar-refractivity contribution >= 4 is 21.4 Å². The Labute approximate surface area is 174 Å². The summed E-state index contributed by atoms with van der Waals surface area (Å²) in [6, 6.07) is 24.0. The third-order valence-electron chi connectivity index (χ3n) is 4.54. The van der Waals surface area contributed by atoms with E-state index in [1.165, 1.54) is 6.26 Å². The van der Waals surface area contributed by atoms with Crippen LogP contribution in [0.2, 0.25) is 5.02 Å². The monoisotopic (exact) mass is 423 g/mol. The molecule has 1 heterocycles. The summed E-state index contributed by atoms with van der Waals surface area (Å²) in [6.07, 6.45) is 1.73. The van der Waals surface area contributed by atoms with Crippen molar-refractivity contribution < 1.29 is 12.8 Å². The van der Waals surface area contributed by atoms with Gasteiger partial charge >= 0.3 is 0 Å². The van der Waals surface area contributed by atoms with E-state index in [1.54, 1.807) is 30.3 Å². The molecule has 0 aliphatic rings. The lowest BCUT2D eigenvalue weighted by Gasteiger charge is -2.04. The third kappa shape index (κ3) is 4.26.